The van der Waals surface area contributed by atoms with E-state index in [9.17, 15) is 18.0 Å². The fraction of sp³-hybridized carbons (Fsp3) is 0.517. The van der Waals surface area contributed by atoms with Crippen molar-refractivity contribution in [2.24, 2.45) is 0 Å². The van der Waals surface area contributed by atoms with Crippen molar-refractivity contribution in [2.75, 3.05) is 31.5 Å². The first-order valence-corrected chi connectivity index (χ1v) is 15.6. The molecule has 2 aromatic heterocycles. The lowest BCUT2D eigenvalue weighted by molar-refractivity contribution is -0.130. The van der Waals surface area contributed by atoms with Gasteiger partial charge in [0.1, 0.15) is 5.65 Å². The van der Waals surface area contributed by atoms with Crippen LogP contribution in [0.4, 0.5) is 5.95 Å². The van der Waals surface area contributed by atoms with Gasteiger partial charge in [0.05, 0.1) is 5.25 Å². The Bertz CT molecular complexity index is 1570. The monoisotopic (exact) mass is 566 g/mol. The number of hydrogen-bond donors (Lipinski definition) is 1. The molecule has 0 saturated carbocycles. The summed E-state index contributed by atoms with van der Waals surface area (Å²) in [6.45, 7) is 9.07. The first kappa shape index (κ1) is 28.2. The third-order valence-corrected chi connectivity index (χ3v) is 10.5. The van der Waals surface area contributed by atoms with Crippen LogP contribution in [-0.4, -0.2) is 75.5 Å². The topological polar surface area (TPSA) is 117 Å². The molecule has 0 aliphatic carbocycles. The highest BCUT2D eigenvalue weighted by Crippen LogP contribution is 2.29. The van der Waals surface area contributed by atoms with Gasteiger partial charge in [-0.25, -0.2) is 17.7 Å². The second kappa shape index (κ2) is 11.3. The number of likely N-dealkylation sites (tertiary alicyclic amines) is 1. The number of nitrogens with one attached hydrogen (secondary N) is 1. The molecule has 11 heteroatoms. The molecule has 2 aliphatic heterocycles. The minimum Gasteiger partial charge on any atom is -0.351 e. The van der Waals surface area contributed by atoms with Crippen LogP contribution in [0.25, 0.3) is 22.2 Å². The number of aromatic nitrogens is 3. The lowest BCUT2D eigenvalue weighted by atomic mass is 9.99. The smallest absolute Gasteiger partial charge is 0.260 e. The maximum absolute atomic E-state index is 14.1. The van der Waals surface area contributed by atoms with Crippen LogP contribution in [0.1, 0.15) is 58.1 Å². The van der Waals surface area contributed by atoms with Crippen molar-refractivity contribution in [3.05, 3.63) is 52.4 Å². The summed E-state index contributed by atoms with van der Waals surface area (Å²) in [5.74, 6) is 0.473. The van der Waals surface area contributed by atoms with Gasteiger partial charge in [0.2, 0.25) is 21.9 Å². The van der Waals surface area contributed by atoms with Gasteiger partial charge < -0.3 is 10.2 Å². The third-order valence-electron chi connectivity index (χ3n) is 8.23. The van der Waals surface area contributed by atoms with Crippen molar-refractivity contribution in [1.82, 2.24) is 23.7 Å². The SMILES string of the molecule is CC(=O)N1CCC(n2c(=O)c(-c3ccccc3C)cc3cnc(NC4CCN(S(=O)(=O)C(C)C)CC4)nc32)CC1. The van der Waals surface area contributed by atoms with Crippen LogP contribution in [0.15, 0.2) is 41.3 Å². The summed E-state index contributed by atoms with van der Waals surface area (Å²) in [5.41, 5.74) is 2.99. The van der Waals surface area contributed by atoms with Crippen molar-refractivity contribution in [3.63, 3.8) is 0 Å². The number of pyridine rings is 1. The van der Waals surface area contributed by atoms with Crippen LogP contribution in [0, 0.1) is 6.92 Å². The minimum atomic E-state index is -3.28. The fourth-order valence-corrected chi connectivity index (χ4v) is 7.09. The molecule has 10 nitrogen and oxygen atoms in total. The molecule has 5 rings (SSSR count). The molecule has 0 bridgehead atoms. The molecule has 1 amide bonds. The Labute approximate surface area is 235 Å². The van der Waals surface area contributed by atoms with Gasteiger partial charge in [-0.05, 0) is 63.6 Å². The average Bonchev–Trinajstić information content (AvgIpc) is 2.93. The number of hydrogen-bond acceptors (Lipinski definition) is 7. The lowest BCUT2D eigenvalue weighted by Gasteiger charge is -2.33. The van der Waals surface area contributed by atoms with Crippen molar-refractivity contribution in [2.45, 2.75) is 70.7 Å². The summed E-state index contributed by atoms with van der Waals surface area (Å²) in [7, 11) is -3.28. The van der Waals surface area contributed by atoms with E-state index in [1.54, 1.807) is 35.8 Å². The van der Waals surface area contributed by atoms with Gasteiger partial charge >= 0.3 is 0 Å². The number of carbonyl (C=O) groups excluding carboxylic acids is 1. The third kappa shape index (κ3) is 5.49. The standard InChI is InChI=1S/C29H38N6O4S/c1-19(2)40(38,39)34-15-9-23(10-16-34)31-29-30-18-22-17-26(25-8-6-5-7-20(25)3)28(37)35(27(22)32-29)24-11-13-33(14-12-24)21(4)36/h5-8,17-19,23-24H,9-16H2,1-4H3,(H,30,31,32). The molecule has 0 spiro atoms. The number of fused-ring (bicyclic) bond motifs is 1. The molecule has 0 atom stereocenters. The van der Waals surface area contributed by atoms with E-state index in [2.05, 4.69) is 10.3 Å². The molecular formula is C29H38N6O4S. The highest BCUT2D eigenvalue weighted by atomic mass is 32.2. The second-order valence-corrected chi connectivity index (χ2v) is 13.7. The van der Waals surface area contributed by atoms with Crippen LogP contribution in [-0.2, 0) is 14.8 Å². The number of aryl methyl sites for hydroxylation is 1. The van der Waals surface area contributed by atoms with Gasteiger partial charge in [-0.15, -0.1) is 0 Å². The molecule has 40 heavy (non-hydrogen) atoms. The molecule has 4 heterocycles. The van der Waals surface area contributed by atoms with Gasteiger partial charge in [-0.3, -0.25) is 14.2 Å². The lowest BCUT2D eigenvalue weighted by Crippen LogP contribution is -2.45. The Morgan fingerprint density at radius 3 is 2.33 bits per heavy atom. The molecule has 1 aromatic carbocycles. The number of carbonyl (C=O) groups is 1. The molecule has 3 aromatic rings. The summed E-state index contributed by atoms with van der Waals surface area (Å²) in [6.07, 6.45) is 4.39. The Balaban J connectivity index is 1.48. The number of anilines is 1. The van der Waals surface area contributed by atoms with Crippen LogP contribution in [0.3, 0.4) is 0 Å². The summed E-state index contributed by atoms with van der Waals surface area (Å²) in [5, 5.41) is 3.72. The Kier molecular flexibility index (Phi) is 7.96. The zero-order valence-electron chi connectivity index (χ0n) is 23.6. The van der Waals surface area contributed by atoms with Gasteiger partial charge in [-0.1, -0.05) is 24.3 Å². The van der Waals surface area contributed by atoms with E-state index >= 15 is 0 Å². The summed E-state index contributed by atoms with van der Waals surface area (Å²) in [6, 6.07) is 9.66. The van der Waals surface area contributed by atoms with E-state index in [-0.39, 0.29) is 23.6 Å². The predicted octanol–water partition coefficient (Wildman–Crippen LogP) is 3.56. The normalized spacial score (nSPS) is 18.0. The van der Waals surface area contributed by atoms with Gasteiger partial charge in [0, 0.05) is 62.3 Å². The molecule has 1 N–H and O–H groups in total. The summed E-state index contributed by atoms with van der Waals surface area (Å²) >= 11 is 0. The van der Waals surface area contributed by atoms with Crippen molar-refractivity contribution < 1.29 is 13.2 Å². The van der Waals surface area contributed by atoms with Crippen molar-refractivity contribution in [1.29, 1.82) is 0 Å². The van der Waals surface area contributed by atoms with Gasteiger partial charge in [0.25, 0.3) is 5.56 Å². The van der Waals surface area contributed by atoms with Crippen LogP contribution in [0.2, 0.25) is 0 Å². The highest BCUT2D eigenvalue weighted by Gasteiger charge is 2.31. The highest BCUT2D eigenvalue weighted by molar-refractivity contribution is 7.89. The largest absolute Gasteiger partial charge is 0.351 e. The Morgan fingerprint density at radius 2 is 1.70 bits per heavy atom. The van der Waals surface area contributed by atoms with E-state index in [1.807, 2.05) is 42.2 Å². The molecule has 2 saturated heterocycles. The first-order valence-electron chi connectivity index (χ1n) is 14.1. The molecule has 0 radical (unpaired) electrons. The van der Waals surface area contributed by atoms with Crippen molar-refractivity contribution >= 4 is 32.9 Å². The molecule has 2 aliphatic rings. The predicted molar refractivity (Wildman–Crippen MR) is 157 cm³/mol. The van der Waals surface area contributed by atoms with E-state index in [4.69, 9.17) is 4.98 Å². The van der Waals surface area contributed by atoms with Gasteiger partial charge in [-0.2, -0.15) is 4.98 Å². The fourth-order valence-electron chi connectivity index (χ4n) is 5.77. The van der Waals surface area contributed by atoms with Crippen LogP contribution < -0.4 is 10.9 Å². The zero-order chi connectivity index (χ0) is 28.6. The van der Waals surface area contributed by atoms with E-state index in [1.165, 1.54) is 0 Å². The molecule has 214 valence electrons. The maximum atomic E-state index is 14.1. The van der Waals surface area contributed by atoms with E-state index < -0.39 is 15.3 Å². The average molecular weight is 567 g/mol. The number of benzene rings is 1. The molecule has 0 unspecified atom stereocenters. The Morgan fingerprint density at radius 1 is 1.02 bits per heavy atom. The second-order valence-electron chi connectivity index (χ2n) is 11.2. The molecule has 2 fully saturated rings. The Hall–Kier alpha value is -3.31. The van der Waals surface area contributed by atoms with E-state index in [0.29, 0.717) is 69.0 Å². The summed E-state index contributed by atoms with van der Waals surface area (Å²) < 4.78 is 28.5. The number of sulfonamides is 1. The number of amides is 1. The number of rotatable bonds is 6. The van der Waals surface area contributed by atoms with E-state index in [0.717, 1.165) is 16.5 Å². The zero-order valence-corrected chi connectivity index (χ0v) is 24.4. The number of nitrogens with zero attached hydrogens (tertiary/aromatic N) is 5. The maximum Gasteiger partial charge on any atom is 0.260 e. The van der Waals surface area contributed by atoms with Crippen LogP contribution >= 0.6 is 0 Å². The molecular weight excluding hydrogens is 528 g/mol. The first-order chi connectivity index (χ1) is 19.1. The van der Waals surface area contributed by atoms with Crippen molar-refractivity contribution in [3.8, 4) is 11.1 Å². The van der Waals surface area contributed by atoms with Gasteiger partial charge in [0.15, 0.2) is 0 Å². The minimum absolute atomic E-state index is 0.0290. The van der Waals surface area contributed by atoms with Crippen LogP contribution in [0.5, 0.6) is 0 Å². The summed E-state index contributed by atoms with van der Waals surface area (Å²) in [4.78, 5) is 37.3. The quantitative estimate of drug-likeness (QED) is 0.485. The number of piperidine rings is 2.